The van der Waals surface area contributed by atoms with Crippen LogP contribution in [0.15, 0.2) is 74.5 Å². The average Bonchev–Trinajstić information content (AvgIpc) is 3.13. The van der Waals surface area contributed by atoms with Crippen LogP contribution in [0.2, 0.25) is 0 Å². The smallest absolute Gasteiger partial charge is 0.338 e. The van der Waals surface area contributed by atoms with Crippen LogP contribution in [0.1, 0.15) is 31.0 Å². The van der Waals surface area contributed by atoms with Gasteiger partial charge in [0.15, 0.2) is 4.80 Å². The number of nitro groups is 1. The largest absolute Gasteiger partial charge is 0.463 e. The lowest BCUT2D eigenvalue weighted by atomic mass is 9.96. The van der Waals surface area contributed by atoms with Gasteiger partial charge in [-0.25, -0.2) is 9.79 Å². The summed E-state index contributed by atoms with van der Waals surface area (Å²) >= 11 is 2.72. The van der Waals surface area contributed by atoms with Gasteiger partial charge in [0.1, 0.15) is 0 Å². The molecule has 0 aliphatic carbocycles. The molecule has 1 aliphatic heterocycles. The van der Waals surface area contributed by atoms with Crippen LogP contribution < -0.4 is 14.9 Å². The maximum absolute atomic E-state index is 13.6. The van der Waals surface area contributed by atoms with E-state index in [1.165, 1.54) is 16.7 Å². The molecule has 34 heavy (non-hydrogen) atoms. The van der Waals surface area contributed by atoms with Crippen LogP contribution in [0.25, 0.3) is 6.08 Å². The maximum atomic E-state index is 13.6. The first-order chi connectivity index (χ1) is 16.3. The summed E-state index contributed by atoms with van der Waals surface area (Å²) in [6.45, 7) is 3.63. The van der Waals surface area contributed by atoms with Crippen LogP contribution >= 0.6 is 23.1 Å². The Morgan fingerprint density at radius 2 is 1.97 bits per heavy atom. The summed E-state index contributed by atoms with van der Waals surface area (Å²) in [6, 6.07) is 13.1. The van der Waals surface area contributed by atoms with E-state index in [2.05, 4.69) is 4.99 Å². The van der Waals surface area contributed by atoms with Crippen LogP contribution in [-0.2, 0) is 9.53 Å². The van der Waals surface area contributed by atoms with Gasteiger partial charge in [0, 0.05) is 11.0 Å². The molecule has 0 bridgehead atoms. The summed E-state index contributed by atoms with van der Waals surface area (Å²) in [5.41, 5.74) is 1.35. The van der Waals surface area contributed by atoms with E-state index in [-0.39, 0.29) is 22.4 Å². The lowest BCUT2D eigenvalue weighted by Gasteiger charge is -2.24. The monoisotopic (exact) mass is 495 g/mol. The van der Waals surface area contributed by atoms with Gasteiger partial charge >= 0.3 is 5.97 Å². The standard InChI is InChI=1S/C24H21N3O5S2/c1-4-32-23(29)20-14(2)25-24-26(21(20)15-9-11-17(33-3)12-10-15)22(28)19(34-24)13-16-7-5-6-8-18(16)27(30)31/h5-13,21H,4H2,1-3H3/b19-13-/t21-/m0/s1. The molecule has 1 aromatic heterocycles. The van der Waals surface area contributed by atoms with Crippen molar-refractivity contribution in [2.24, 2.45) is 4.99 Å². The summed E-state index contributed by atoms with van der Waals surface area (Å²) in [4.78, 5) is 43.4. The Kier molecular flexibility index (Phi) is 6.80. The molecule has 0 fully saturated rings. The number of allylic oxidation sites excluding steroid dienone is 1. The molecule has 0 saturated carbocycles. The molecule has 3 aromatic rings. The van der Waals surface area contributed by atoms with E-state index in [0.29, 0.717) is 21.6 Å². The molecule has 4 rings (SSSR count). The topological polar surface area (TPSA) is 104 Å². The Labute approximate surface area is 203 Å². The Morgan fingerprint density at radius 1 is 1.26 bits per heavy atom. The number of nitro benzene ring substituents is 1. The molecule has 0 spiro atoms. The van der Waals surface area contributed by atoms with Crippen LogP contribution in [0.4, 0.5) is 5.69 Å². The Balaban J connectivity index is 1.96. The fourth-order valence-corrected chi connectivity index (χ4v) is 5.26. The molecular weight excluding hydrogens is 474 g/mol. The number of carbonyl (C=O) groups excluding carboxylic acids is 1. The molecule has 174 valence electrons. The minimum absolute atomic E-state index is 0.0964. The van der Waals surface area contributed by atoms with E-state index in [0.717, 1.165) is 21.8 Å². The fraction of sp³-hybridized carbons (Fsp3) is 0.208. The number of aromatic nitrogens is 1. The second kappa shape index (κ2) is 9.78. The summed E-state index contributed by atoms with van der Waals surface area (Å²) in [5.74, 6) is -0.532. The number of thiazole rings is 1. The lowest BCUT2D eigenvalue weighted by Crippen LogP contribution is -2.39. The van der Waals surface area contributed by atoms with Crippen molar-refractivity contribution in [3.05, 3.63) is 101 Å². The van der Waals surface area contributed by atoms with Crippen molar-refractivity contribution in [2.75, 3.05) is 12.9 Å². The molecule has 0 N–H and O–H groups in total. The first-order valence-electron chi connectivity index (χ1n) is 10.4. The van der Waals surface area contributed by atoms with Crippen molar-refractivity contribution in [1.82, 2.24) is 4.57 Å². The molecule has 0 amide bonds. The quantitative estimate of drug-likeness (QED) is 0.225. The molecule has 1 atom stereocenters. The van der Waals surface area contributed by atoms with Crippen molar-refractivity contribution in [2.45, 2.75) is 24.8 Å². The van der Waals surface area contributed by atoms with Crippen LogP contribution in [-0.4, -0.2) is 28.3 Å². The van der Waals surface area contributed by atoms with E-state index < -0.39 is 16.9 Å². The fourth-order valence-electron chi connectivity index (χ4n) is 3.81. The van der Waals surface area contributed by atoms with Gasteiger partial charge in [-0.05, 0) is 49.9 Å². The molecule has 10 heteroatoms. The maximum Gasteiger partial charge on any atom is 0.338 e. The second-order valence-electron chi connectivity index (χ2n) is 7.39. The van der Waals surface area contributed by atoms with Gasteiger partial charge in [-0.1, -0.05) is 35.6 Å². The number of benzene rings is 2. The minimum atomic E-state index is -0.723. The number of fused-ring (bicyclic) bond motifs is 1. The normalized spacial score (nSPS) is 15.6. The summed E-state index contributed by atoms with van der Waals surface area (Å²) in [6.07, 6.45) is 3.47. The molecule has 0 unspecified atom stereocenters. The summed E-state index contributed by atoms with van der Waals surface area (Å²) < 4.78 is 7.05. The molecule has 2 heterocycles. The third-order valence-corrected chi connectivity index (χ3v) is 7.10. The number of esters is 1. The number of carbonyl (C=O) groups is 1. The Hall–Kier alpha value is -3.50. The molecule has 1 aliphatic rings. The van der Waals surface area contributed by atoms with Crippen molar-refractivity contribution in [1.29, 1.82) is 0 Å². The highest BCUT2D eigenvalue weighted by Crippen LogP contribution is 2.31. The van der Waals surface area contributed by atoms with Crippen LogP contribution in [0, 0.1) is 10.1 Å². The van der Waals surface area contributed by atoms with E-state index in [9.17, 15) is 19.7 Å². The van der Waals surface area contributed by atoms with Gasteiger partial charge in [-0.3, -0.25) is 19.5 Å². The van der Waals surface area contributed by atoms with E-state index in [1.807, 2.05) is 30.5 Å². The zero-order chi connectivity index (χ0) is 24.4. The third-order valence-electron chi connectivity index (χ3n) is 5.37. The minimum Gasteiger partial charge on any atom is -0.463 e. The van der Waals surface area contributed by atoms with Gasteiger partial charge in [-0.15, -0.1) is 11.8 Å². The number of hydrogen-bond donors (Lipinski definition) is 0. The summed E-state index contributed by atoms with van der Waals surface area (Å²) in [7, 11) is 0. The van der Waals surface area contributed by atoms with Crippen molar-refractivity contribution >= 4 is 40.8 Å². The first kappa shape index (κ1) is 23.7. The number of hydrogen-bond acceptors (Lipinski definition) is 8. The van der Waals surface area contributed by atoms with Gasteiger partial charge < -0.3 is 4.74 Å². The zero-order valence-electron chi connectivity index (χ0n) is 18.7. The Bertz CT molecular complexity index is 1490. The number of para-hydroxylation sites is 1. The van der Waals surface area contributed by atoms with Crippen LogP contribution in [0.5, 0.6) is 0 Å². The van der Waals surface area contributed by atoms with E-state index >= 15 is 0 Å². The Morgan fingerprint density at radius 3 is 2.62 bits per heavy atom. The number of rotatable bonds is 6. The highest BCUT2D eigenvalue weighted by Gasteiger charge is 2.33. The predicted octanol–water partition coefficient (Wildman–Crippen LogP) is 3.43. The van der Waals surface area contributed by atoms with Gasteiger partial charge in [0.05, 0.1) is 38.9 Å². The zero-order valence-corrected chi connectivity index (χ0v) is 20.3. The SMILES string of the molecule is CCOC(=O)C1=C(C)N=c2s/c(=C\c3ccccc3[N+](=O)[O-])c(=O)n2[C@H]1c1ccc(SC)cc1. The number of ether oxygens (including phenoxy) is 1. The van der Waals surface area contributed by atoms with Crippen molar-refractivity contribution in [3.63, 3.8) is 0 Å². The lowest BCUT2D eigenvalue weighted by molar-refractivity contribution is -0.385. The van der Waals surface area contributed by atoms with Crippen LogP contribution in [0.3, 0.4) is 0 Å². The molecular formula is C24H21N3O5S2. The molecule has 0 radical (unpaired) electrons. The van der Waals surface area contributed by atoms with Gasteiger partial charge in [0.25, 0.3) is 11.2 Å². The van der Waals surface area contributed by atoms with Crippen molar-refractivity contribution < 1.29 is 14.5 Å². The third kappa shape index (κ3) is 4.34. The summed E-state index contributed by atoms with van der Waals surface area (Å²) in [5, 5.41) is 11.4. The van der Waals surface area contributed by atoms with E-state index in [1.54, 1.807) is 43.8 Å². The first-order valence-corrected chi connectivity index (χ1v) is 12.5. The van der Waals surface area contributed by atoms with E-state index in [4.69, 9.17) is 4.74 Å². The van der Waals surface area contributed by atoms with Crippen molar-refractivity contribution in [3.8, 4) is 0 Å². The number of thioether (sulfide) groups is 1. The second-order valence-corrected chi connectivity index (χ2v) is 9.28. The highest BCUT2D eigenvalue weighted by molar-refractivity contribution is 7.98. The molecule has 2 aromatic carbocycles. The van der Waals surface area contributed by atoms with Gasteiger partial charge in [-0.2, -0.15) is 0 Å². The predicted molar refractivity (Wildman–Crippen MR) is 132 cm³/mol. The highest BCUT2D eigenvalue weighted by atomic mass is 32.2. The van der Waals surface area contributed by atoms with Gasteiger partial charge in [0.2, 0.25) is 0 Å². The average molecular weight is 496 g/mol. The molecule has 0 saturated heterocycles. The molecule has 8 nitrogen and oxygen atoms in total. The number of nitrogens with zero attached hydrogens (tertiary/aromatic N) is 3.